The third-order valence-corrected chi connectivity index (χ3v) is 5.68. The normalized spacial score (nSPS) is 11.1. The first-order valence-corrected chi connectivity index (χ1v) is 10.7. The van der Waals surface area contributed by atoms with E-state index in [9.17, 15) is 9.18 Å². The first-order valence-electron chi connectivity index (χ1n) is 9.69. The molecule has 1 N–H and O–H groups in total. The number of hydrogen-bond donors (Lipinski definition) is 1. The molecule has 2 heterocycles. The maximum absolute atomic E-state index is 14.0. The molecule has 1 amide bonds. The Labute approximate surface area is 182 Å². The summed E-state index contributed by atoms with van der Waals surface area (Å²) < 4.78 is 27.2. The number of aryl methyl sites for hydroxylation is 1. The largest absolute Gasteiger partial charge is 0.493 e. The minimum Gasteiger partial charge on any atom is -0.493 e. The lowest BCUT2D eigenvalue weighted by Crippen LogP contribution is -2.15. The van der Waals surface area contributed by atoms with Gasteiger partial charge < -0.3 is 14.5 Å². The van der Waals surface area contributed by atoms with Crippen LogP contribution in [-0.2, 0) is 11.3 Å². The average Bonchev–Trinajstić information content (AvgIpc) is 3.37. The smallest absolute Gasteiger partial charge is 0.234 e. The number of benzene rings is 2. The van der Waals surface area contributed by atoms with Crippen LogP contribution in [0.5, 0.6) is 5.75 Å². The van der Waals surface area contributed by atoms with Gasteiger partial charge in [0.2, 0.25) is 11.7 Å². The van der Waals surface area contributed by atoms with Crippen LogP contribution < -0.4 is 10.1 Å². The van der Waals surface area contributed by atoms with E-state index < -0.39 is 5.82 Å². The van der Waals surface area contributed by atoms with Gasteiger partial charge in [0.05, 0.1) is 18.6 Å². The number of carbonyl (C=O) groups excluding carboxylic acids is 1. The van der Waals surface area contributed by atoms with Crippen molar-refractivity contribution in [2.75, 3.05) is 18.2 Å². The van der Waals surface area contributed by atoms with Gasteiger partial charge >= 0.3 is 0 Å². The van der Waals surface area contributed by atoms with E-state index in [0.29, 0.717) is 34.6 Å². The highest BCUT2D eigenvalue weighted by atomic mass is 32.2. The Morgan fingerprint density at radius 2 is 2.10 bits per heavy atom. The molecule has 4 aromatic rings. The van der Waals surface area contributed by atoms with Gasteiger partial charge in [0.25, 0.3) is 0 Å². The second-order valence-electron chi connectivity index (χ2n) is 6.86. The molecule has 0 aliphatic carbocycles. The van der Waals surface area contributed by atoms with Crippen LogP contribution in [0, 0.1) is 12.7 Å². The number of fused-ring (bicyclic) bond motifs is 1. The fraction of sp³-hybridized carbons (Fsp3) is 0.227. The van der Waals surface area contributed by atoms with E-state index in [1.165, 1.54) is 17.8 Å². The number of ether oxygens (including phenoxy) is 1. The maximum Gasteiger partial charge on any atom is 0.234 e. The molecule has 0 radical (unpaired) electrons. The molecule has 0 atom stereocenters. The predicted octanol–water partition coefficient (Wildman–Crippen LogP) is 4.90. The second-order valence-corrected chi connectivity index (χ2v) is 7.80. The number of anilines is 1. The summed E-state index contributed by atoms with van der Waals surface area (Å²) in [5.74, 6) is 1.05. The summed E-state index contributed by atoms with van der Waals surface area (Å²) >= 11 is 1.23. The van der Waals surface area contributed by atoms with Crippen molar-refractivity contribution in [2.24, 2.45) is 0 Å². The Hall–Kier alpha value is -3.33. The van der Waals surface area contributed by atoms with Crippen molar-refractivity contribution < 1.29 is 18.3 Å². The molecule has 160 valence electrons. The molecule has 0 bridgehead atoms. The highest BCUT2D eigenvalue weighted by molar-refractivity contribution is 7.99. The number of carbonyl (C=O) groups is 1. The quantitative estimate of drug-likeness (QED) is 0.412. The van der Waals surface area contributed by atoms with Crippen molar-refractivity contribution in [1.29, 1.82) is 0 Å². The van der Waals surface area contributed by atoms with E-state index in [2.05, 4.69) is 15.5 Å². The lowest BCUT2D eigenvalue weighted by molar-refractivity contribution is -0.113. The fourth-order valence-corrected chi connectivity index (χ4v) is 4.01. The standard InChI is InChI=1S/C22H21FN4O3S/c1-4-27-21(18-11-14-6-5-7-17(29-3)20(14)30-18)25-26-22(27)31-12-19(28)24-16-9-8-13(2)10-15(16)23/h5-11H,4,12H2,1-3H3,(H,24,28). The summed E-state index contributed by atoms with van der Waals surface area (Å²) in [4.78, 5) is 12.3. The Morgan fingerprint density at radius 1 is 1.26 bits per heavy atom. The number of amides is 1. The van der Waals surface area contributed by atoms with Crippen molar-refractivity contribution in [3.63, 3.8) is 0 Å². The van der Waals surface area contributed by atoms with Crippen molar-refractivity contribution in [2.45, 2.75) is 25.5 Å². The lowest BCUT2D eigenvalue weighted by Gasteiger charge is -2.08. The SMILES string of the molecule is CCn1c(SCC(=O)Nc2ccc(C)cc2F)nnc1-c1cc2cccc(OC)c2o1. The van der Waals surface area contributed by atoms with Crippen LogP contribution in [0.2, 0.25) is 0 Å². The Balaban J connectivity index is 1.51. The van der Waals surface area contributed by atoms with Gasteiger partial charge in [0, 0.05) is 11.9 Å². The van der Waals surface area contributed by atoms with E-state index in [0.717, 1.165) is 10.9 Å². The van der Waals surface area contributed by atoms with Crippen molar-refractivity contribution in [3.05, 3.63) is 53.8 Å². The summed E-state index contributed by atoms with van der Waals surface area (Å²) in [6, 6.07) is 12.2. The molecule has 0 unspecified atom stereocenters. The van der Waals surface area contributed by atoms with Crippen LogP contribution >= 0.6 is 11.8 Å². The number of furan rings is 1. The fourth-order valence-electron chi connectivity index (χ4n) is 3.21. The predicted molar refractivity (Wildman–Crippen MR) is 118 cm³/mol. The van der Waals surface area contributed by atoms with Crippen molar-refractivity contribution >= 4 is 34.3 Å². The molecule has 0 spiro atoms. The second kappa shape index (κ2) is 8.81. The number of rotatable bonds is 7. The zero-order chi connectivity index (χ0) is 22.0. The zero-order valence-electron chi connectivity index (χ0n) is 17.3. The van der Waals surface area contributed by atoms with E-state index in [1.807, 2.05) is 35.8 Å². The van der Waals surface area contributed by atoms with E-state index in [-0.39, 0.29) is 17.3 Å². The molecule has 0 saturated heterocycles. The summed E-state index contributed by atoms with van der Waals surface area (Å²) in [5, 5.41) is 12.5. The zero-order valence-corrected chi connectivity index (χ0v) is 18.1. The maximum atomic E-state index is 14.0. The molecular weight excluding hydrogens is 419 g/mol. The average molecular weight is 441 g/mol. The van der Waals surface area contributed by atoms with Crippen LogP contribution in [0.3, 0.4) is 0 Å². The molecule has 9 heteroatoms. The van der Waals surface area contributed by atoms with Gasteiger partial charge in [-0.1, -0.05) is 30.0 Å². The third kappa shape index (κ3) is 4.27. The van der Waals surface area contributed by atoms with E-state index >= 15 is 0 Å². The number of aromatic nitrogens is 3. The van der Waals surface area contributed by atoms with Crippen molar-refractivity contribution in [1.82, 2.24) is 14.8 Å². The highest BCUT2D eigenvalue weighted by Crippen LogP contribution is 2.33. The van der Waals surface area contributed by atoms with E-state index in [4.69, 9.17) is 9.15 Å². The van der Waals surface area contributed by atoms with Crippen molar-refractivity contribution in [3.8, 4) is 17.3 Å². The summed E-state index contributed by atoms with van der Waals surface area (Å²) in [7, 11) is 1.59. The highest BCUT2D eigenvalue weighted by Gasteiger charge is 2.19. The number of nitrogens with zero attached hydrogens (tertiary/aromatic N) is 3. The van der Waals surface area contributed by atoms with Crippen LogP contribution in [0.25, 0.3) is 22.6 Å². The van der Waals surface area contributed by atoms with Crippen LogP contribution in [-0.4, -0.2) is 33.5 Å². The van der Waals surface area contributed by atoms with Crippen LogP contribution in [0.1, 0.15) is 12.5 Å². The number of nitrogens with one attached hydrogen (secondary N) is 1. The molecule has 0 aliphatic heterocycles. The Kier molecular flexibility index (Phi) is 5.94. The summed E-state index contributed by atoms with van der Waals surface area (Å²) in [6.07, 6.45) is 0. The van der Waals surface area contributed by atoms with Gasteiger partial charge in [0.15, 0.2) is 22.2 Å². The third-order valence-electron chi connectivity index (χ3n) is 4.71. The Bertz CT molecular complexity index is 1250. The molecule has 0 aliphatic rings. The number of thioether (sulfide) groups is 1. The van der Waals surface area contributed by atoms with E-state index in [1.54, 1.807) is 26.2 Å². The van der Waals surface area contributed by atoms with Gasteiger partial charge in [0.1, 0.15) is 5.82 Å². The van der Waals surface area contributed by atoms with Gasteiger partial charge in [-0.05, 0) is 43.7 Å². The van der Waals surface area contributed by atoms with Gasteiger partial charge in [-0.15, -0.1) is 10.2 Å². The van der Waals surface area contributed by atoms with Crippen LogP contribution in [0.15, 0.2) is 52.0 Å². The number of hydrogen-bond acceptors (Lipinski definition) is 6. The first kappa shape index (κ1) is 20.9. The molecule has 31 heavy (non-hydrogen) atoms. The molecule has 0 saturated carbocycles. The molecule has 2 aromatic heterocycles. The Morgan fingerprint density at radius 3 is 2.84 bits per heavy atom. The van der Waals surface area contributed by atoms with Gasteiger partial charge in [-0.25, -0.2) is 4.39 Å². The minimum absolute atomic E-state index is 0.0689. The number of methoxy groups -OCH3 is 1. The lowest BCUT2D eigenvalue weighted by atomic mass is 10.2. The molecular formula is C22H21FN4O3S. The molecule has 4 rings (SSSR count). The summed E-state index contributed by atoms with van der Waals surface area (Å²) in [6.45, 7) is 4.34. The van der Waals surface area contributed by atoms with Gasteiger partial charge in [-0.3, -0.25) is 9.36 Å². The first-order chi connectivity index (χ1) is 15.0. The number of para-hydroxylation sites is 1. The monoisotopic (exact) mass is 440 g/mol. The van der Waals surface area contributed by atoms with Crippen LogP contribution in [0.4, 0.5) is 10.1 Å². The minimum atomic E-state index is -0.460. The molecule has 2 aromatic carbocycles. The molecule has 7 nitrogen and oxygen atoms in total. The molecule has 0 fully saturated rings. The summed E-state index contributed by atoms with van der Waals surface area (Å²) in [5.41, 5.74) is 1.58. The topological polar surface area (TPSA) is 82.2 Å². The van der Waals surface area contributed by atoms with Gasteiger partial charge in [-0.2, -0.15) is 0 Å². The number of halogens is 1.